The Hall–Kier alpha value is -1.16. The standard InChI is InChI=1S/C16H21N3.ClH/c1-19(15-6-8-17-9-7-15)12-13-10-14-4-2-3-5-16(14)18-11-13;/h2-5,10-11,15,17H,6-9,12H2,1H3;1H. The van der Waals surface area contributed by atoms with Crippen LogP contribution in [0.1, 0.15) is 18.4 Å². The molecule has 0 saturated carbocycles. The molecule has 0 aliphatic carbocycles. The molecule has 2 heterocycles. The molecule has 1 saturated heterocycles. The molecular formula is C16H22ClN3. The van der Waals surface area contributed by atoms with Gasteiger partial charge in [-0.05, 0) is 50.7 Å². The molecule has 1 aromatic carbocycles. The lowest BCUT2D eigenvalue weighted by atomic mass is 10.0. The average Bonchev–Trinajstić information content (AvgIpc) is 2.48. The predicted octanol–water partition coefficient (Wildman–Crippen LogP) is 2.84. The molecular weight excluding hydrogens is 270 g/mol. The van der Waals surface area contributed by atoms with E-state index in [1.165, 1.54) is 23.8 Å². The second kappa shape index (κ2) is 7.02. The number of pyridine rings is 1. The smallest absolute Gasteiger partial charge is 0.0702 e. The van der Waals surface area contributed by atoms with Crippen molar-refractivity contribution in [3.8, 4) is 0 Å². The number of nitrogens with one attached hydrogen (secondary N) is 1. The Morgan fingerprint density at radius 2 is 2.00 bits per heavy atom. The minimum atomic E-state index is 0. The molecule has 2 aromatic rings. The van der Waals surface area contributed by atoms with Gasteiger partial charge in [0.05, 0.1) is 5.52 Å². The molecule has 0 bridgehead atoms. The van der Waals surface area contributed by atoms with Crippen LogP contribution in [0.5, 0.6) is 0 Å². The van der Waals surface area contributed by atoms with E-state index in [1.54, 1.807) is 0 Å². The summed E-state index contributed by atoms with van der Waals surface area (Å²) in [7, 11) is 2.23. The number of hydrogen-bond donors (Lipinski definition) is 1. The van der Waals surface area contributed by atoms with E-state index < -0.39 is 0 Å². The molecule has 1 aromatic heterocycles. The number of fused-ring (bicyclic) bond motifs is 1. The van der Waals surface area contributed by atoms with Crippen LogP contribution in [-0.2, 0) is 6.54 Å². The first-order valence-electron chi connectivity index (χ1n) is 7.07. The molecule has 0 amide bonds. The van der Waals surface area contributed by atoms with Crippen LogP contribution in [0.2, 0.25) is 0 Å². The summed E-state index contributed by atoms with van der Waals surface area (Å²) in [5.41, 5.74) is 2.38. The van der Waals surface area contributed by atoms with E-state index in [-0.39, 0.29) is 12.4 Å². The molecule has 3 nitrogen and oxygen atoms in total. The van der Waals surface area contributed by atoms with Crippen molar-refractivity contribution < 1.29 is 0 Å². The van der Waals surface area contributed by atoms with Gasteiger partial charge in [-0.2, -0.15) is 0 Å². The van der Waals surface area contributed by atoms with Gasteiger partial charge in [0.1, 0.15) is 0 Å². The van der Waals surface area contributed by atoms with Crippen LogP contribution in [0.25, 0.3) is 10.9 Å². The van der Waals surface area contributed by atoms with Gasteiger partial charge in [0.25, 0.3) is 0 Å². The lowest BCUT2D eigenvalue weighted by Crippen LogP contribution is -2.40. The van der Waals surface area contributed by atoms with E-state index >= 15 is 0 Å². The lowest BCUT2D eigenvalue weighted by Gasteiger charge is -2.31. The highest BCUT2D eigenvalue weighted by Crippen LogP contribution is 2.16. The van der Waals surface area contributed by atoms with E-state index in [4.69, 9.17) is 0 Å². The quantitative estimate of drug-likeness (QED) is 0.942. The van der Waals surface area contributed by atoms with E-state index in [0.717, 1.165) is 25.2 Å². The van der Waals surface area contributed by atoms with Gasteiger partial charge >= 0.3 is 0 Å². The zero-order chi connectivity index (χ0) is 13.1. The Labute approximate surface area is 126 Å². The molecule has 0 radical (unpaired) electrons. The third-order valence-corrected chi connectivity index (χ3v) is 4.01. The molecule has 3 rings (SSSR count). The van der Waals surface area contributed by atoms with Gasteiger partial charge in [-0.1, -0.05) is 18.2 Å². The fourth-order valence-electron chi connectivity index (χ4n) is 2.87. The topological polar surface area (TPSA) is 28.2 Å². The fourth-order valence-corrected chi connectivity index (χ4v) is 2.87. The van der Waals surface area contributed by atoms with Crippen LogP contribution in [0, 0.1) is 0 Å². The maximum atomic E-state index is 4.54. The van der Waals surface area contributed by atoms with Gasteiger partial charge in [0, 0.05) is 24.2 Å². The monoisotopic (exact) mass is 291 g/mol. The van der Waals surface area contributed by atoms with E-state index in [9.17, 15) is 0 Å². The zero-order valence-electron chi connectivity index (χ0n) is 11.9. The minimum Gasteiger partial charge on any atom is -0.317 e. The highest BCUT2D eigenvalue weighted by atomic mass is 35.5. The summed E-state index contributed by atoms with van der Waals surface area (Å²) >= 11 is 0. The Morgan fingerprint density at radius 1 is 1.25 bits per heavy atom. The molecule has 1 fully saturated rings. The summed E-state index contributed by atoms with van der Waals surface area (Å²) in [6.07, 6.45) is 4.51. The van der Waals surface area contributed by atoms with Crippen LogP contribution >= 0.6 is 12.4 Å². The second-order valence-electron chi connectivity index (χ2n) is 5.43. The Bertz CT molecular complexity index is 552. The summed E-state index contributed by atoms with van der Waals surface area (Å²) in [6.45, 7) is 3.28. The summed E-state index contributed by atoms with van der Waals surface area (Å²) < 4.78 is 0. The largest absolute Gasteiger partial charge is 0.317 e. The first-order valence-corrected chi connectivity index (χ1v) is 7.07. The molecule has 0 unspecified atom stereocenters. The summed E-state index contributed by atoms with van der Waals surface area (Å²) in [5.74, 6) is 0. The van der Waals surface area contributed by atoms with Crippen molar-refractivity contribution in [2.45, 2.75) is 25.4 Å². The van der Waals surface area contributed by atoms with E-state index in [0.29, 0.717) is 6.04 Å². The van der Waals surface area contributed by atoms with Crippen molar-refractivity contribution in [2.24, 2.45) is 0 Å². The molecule has 108 valence electrons. The van der Waals surface area contributed by atoms with Gasteiger partial charge in [-0.25, -0.2) is 0 Å². The Balaban J connectivity index is 0.00000147. The molecule has 4 heteroatoms. The molecule has 1 N–H and O–H groups in total. The number of para-hydroxylation sites is 1. The van der Waals surface area contributed by atoms with Crippen LogP contribution in [0.3, 0.4) is 0 Å². The van der Waals surface area contributed by atoms with E-state index in [1.807, 2.05) is 12.3 Å². The first kappa shape index (κ1) is 15.2. The maximum absolute atomic E-state index is 4.54. The van der Waals surface area contributed by atoms with Crippen molar-refractivity contribution in [2.75, 3.05) is 20.1 Å². The Kier molecular flexibility index (Phi) is 5.35. The minimum absolute atomic E-state index is 0. The summed E-state index contributed by atoms with van der Waals surface area (Å²) in [5, 5.41) is 4.65. The third kappa shape index (κ3) is 3.48. The van der Waals surface area contributed by atoms with Crippen LogP contribution in [-0.4, -0.2) is 36.1 Å². The van der Waals surface area contributed by atoms with E-state index in [2.05, 4.69) is 46.5 Å². The van der Waals surface area contributed by atoms with Crippen molar-refractivity contribution in [1.82, 2.24) is 15.2 Å². The molecule has 0 spiro atoms. The summed E-state index contributed by atoms with van der Waals surface area (Å²) in [6, 6.07) is 11.3. The molecule has 1 aliphatic heterocycles. The van der Waals surface area contributed by atoms with Gasteiger partial charge in [-0.3, -0.25) is 9.88 Å². The fraction of sp³-hybridized carbons (Fsp3) is 0.438. The third-order valence-electron chi connectivity index (χ3n) is 4.01. The SMILES string of the molecule is CN(Cc1cnc2ccccc2c1)C1CCNCC1.Cl. The molecule has 1 aliphatic rings. The average molecular weight is 292 g/mol. The summed E-state index contributed by atoms with van der Waals surface area (Å²) in [4.78, 5) is 7.01. The van der Waals surface area contributed by atoms with Gasteiger partial charge in [-0.15, -0.1) is 12.4 Å². The van der Waals surface area contributed by atoms with Crippen LogP contribution in [0.15, 0.2) is 36.5 Å². The number of aromatic nitrogens is 1. The highest BCUT2D eigenvalue weighted by molar-refractivity contribution is 5.85. The molecule has 0 atom stereocenters. The van der Waals surface area contributed by atoms with Crippen LogP contribution in [0.4, 0.5) is 0 Å². The molecule has 20 heavy (non-hydrogen) atoms. The number of piperidine rings is 1. The zero-order valence-corrected chi connectivity index (χ0v) is 12.7. The van der Waals surface area contributed by atoms with Gasteiger partial charge in [0.15, 0.2) is 0 Å². The normalized spacial score (nSPS) is 16.3. The van der Waals surface area contributed by atoms with Gasteiger partial charge in [0.2, 0.25) is 0 Å². The highest BCUT2D eigenvalue weighted by Gasteiger charge is 2.17. The van der Waals surface area contributed by atoms with Crippen molar-refractivity contribution in [3.63, 3.8) is 0 Å². The van der Waals surface area contributed by atoms with Crippen molar-refractivity contribution in [1.29, 1.82) is 0 Å². The number of nitrogens with zero attached hydrogens (tertiary/aromatic N) is 2. The van der Waals surface area contributed by atoms with Crippen molar-refractivity contribution >= 4 is 23.3 Å². The lowest BCUT2D eigenvalue weighted by molar-refractivity contribution is 0.191. The number of hydrogen-bond acceptors (Lipinski definition) is 3. The number of benzene rings is 1. The van der Waals surface area contributed by atoms with Crippen molar-refractivity contribution in [3.05, 3.63) is 42.1 Å². The first-order chi connectivity index (χ1) is 9.33. The Morgan fingerprint density at radius 3 is 2.80 bits per heavy atom. The van der Waals surface area contributed by atoms with Gasteiger partial charge < -0.3 is 5.32 Å². The van der Waals surface area contributed by atoms with Crippen LogP contribution < -0.4 is 5.32 Å². The number of rotatable bonds is 3. The predicted molar refractivity (Wildman–Crippen MR) is 86.3 cm³/mol. The number of halogens is 1. The second-order valence-corrected chi connectivity index (χ2v) is 5.43. The maximum Gasteiger partial charge on any atom is 0.0702 e.